The predicted octanol–water partition coefficient (Wildman–Crippen LogP) is 3.82. The number of nitrogens with one attached hydrogen (secondary N) is 3. The number of carbonyl (C=O) groups excluding carboxylic acids is 2. The minimum Gasteiger partial charge on any atom is -0.376 e. The van der Waals surface area contributed by atoms with Crippen molar-refractivity contribution < 1.29 is 9.59 Å². The molecule has 2 rings (SSSR count). The molecule has 0 aliphatic carbocycles. The van der Waals surface area contributed by atoms with E-state index in [0.717, 1.165) is 37.3 Å². The van der Waals surface area contributed by atoms with Crippen molar-refractivity contribution in [3.05, 3.63) is 59.2 Å². The summed E-state index contributed by atoms with van der Waals surface area (Å²) in [5.74, 6) is -0.229. The summed E-state index contributed by atoms with van der Waals surface area (Å²) in [6, 6.07) is 13.0. The fourth-order valence-electron chi connectivity index (χ4n) is 3.24. The number of benzene rings is 2. The third-order valence-electron chi connectivity index (χ3n) is 5.08. The lowest BCUT2D eigenvalue weighted by Crippen LogP contribution is -2.29. The second kappa shape index (κ2) is 12.0. The van der Waals surface area contributed by atoms with Crippen LogP contribution in [0.1, 0.15) is 41.8 Å². The first-order chi connectivity index (χ1) is 14.4. The van der Waals surface area contributed by atoms with Gasteiger partial charge in [0.15, 0.2) is 0 Å². The standard InChI is InChI=1S/C24H34N4O2/c1-5-28(6-2)15-7-14-25-24(30)20-9-11-21(12-10-20)27-23(29)17-26-22-13-8-18(3)16-19(22)4/h8-13,16,26H,5-7,14-15,17H2,1-4H3,(H,25,30)(H,27,29). The average molecular weight is 411 g/mol. The Balaban J connectivity index is 1.76. The van der Waals surface area contributed by atoms with Crippen molar-refractivity contribution in [2.75, 3.05) is 43.4 Å². The lowest BCUT2D eigenvalue weighted by molar-refractivity contribution is -0.114. The van der Waals surface area contributed by atoms with Crippen molar-refractivity contribution in [3.63, 3.8) is 0 Å². The molecule has 6 heteroatoms. The first-order valence-corrected chi connectivity index (χ1v) is 10.6. The largest absolute Gasteiger partial charge is 0.376 e. The Labute approximate surface area is 180 Å². The summed E-state index contributed by atoms with van der Waals surface area (Å²) in [6.07, 6.45) is 0.926. The molecule has 0 fully saturated rings. The van der Waals surface area contributed by atoms with Crippen LogP contribution in [0.4, 0.5) is 11.4 Å². The van der Waals surface area contributed by atoms with Gasteiger partial charge >= 0.3 is 0 Å². The number of aryl methyl sites for hydroxylation is 2. The van der Waals surface area contributed by atoms with Gasteiger partial charge in [-0.25, -0.2) is 0 Å². The maximum absolute atomic E-state index is 12.3. The molecular weight excluding hydrogens is 376 g/mol. The Hall–Kier alpha value is -2.86. The summed E-state index contributed by atoms with van der Waals surface area (Å²) < 4.78 is 0. The molecule has 0 aliphatic heterocycles. The van der Waals surface area contributed by atoms with Gasteiger partial charge < -0.3 is 20.9 Å². The summed E-state index contributed by atoms with van der Waals surface area (Å²) in [5, 5.41) is 8.95. The molecule has 0 radical (unpaired) electrons. The fourth-order valence-corrected chi connectivity index (χ4v) is 3.24. The number of hydrogen-bond acceptors (Lipinski definition) is 4. The Morgan fingerprint density at radius 2 is 1.67 bits per heavy atom. The molecule has 0 saturated heterocycles. The van der Waals surface area contributed by atoms with Gasteiger partial charge in [-0.3, -0.25) is 9.59 Å². The van der Waals surface area contributed by atoms with Crippen LogP contribution in [0.5, 0.6) is 0 Å². The normalized spacial score (nSPS) is 10.7. The van der Waals surface area contributed by atoms with Crippen LogP contribution in [0.25, 0.3) is 0 Å². The minimum absolute atomic E-state index is 0.0936. The summed E-state index contributed by atoms with van der Waals surface area (Å²) in [7, 11) is 0. The molecule has 0 aromatic heterocycles. The topological polar surface area (TPSA) is 73.5 Å². The van der Waals surface area contributed by atoms with E-state index in [-0.39, 0.29) is 18.4 Å². The molecule has 2 amide bonds. The molecule has 2 aromatic rings. The molecule has 0 spiro atoms. The highest BCUT2D eigenvalue weighted by Crippen LogP contribution is 2.16. The highest BCUT2D eigenvalue weighted by Gasteiger charge is 2.08. The van der Waals surface area contributed by atoms with Gasteiger partial charge in [0.1, 0.15) is 0 Å². The van der Waals surface area contributed by atoms with Gasteiger partial charge in [0.2, 0.25) is 5.91 Å². The monoisotopic (exact) mass is 410 g/mol. The number of amides is 2. The smallest absolute Gasteiger partial charge is 0.251 e. The number of nitrogens with zero attached hydrogens (tertiary/aromatic N) is 1. The molecule has 0 atom stereocenters. The second-order valence-corrected chi connectivity index (χ2v) is 7.43. The van der Waals surface area contributed by atoms with Gasteiger partial charge in [0.05, 0.1) is 6.54 Å². The third-order valence-corrected chi connectivity index (χ3v) is 5.08. The van der Waals surface area contributed by atoms with Gasteiger partial charge in [-0.05, 0) is 75.8 Å². The Kier molecular flexibility index (Phi) is 9.35. The van der Waals surface area contributed by atoms with Crippen LogP contribution >= 0.6 is 0 Å². The van der Waals surface area contributed by atoms with Crippen LogP contribution in [-0.2, 0) is 4.79 Å². The molecule has 162 valence electrons. The summed E-state index contributed by atoms with van der Waals surface area (Å²) in [6.45, 7) is 12.2. The van der Waals surface area contributed by atoms with E-state index in [2.05, 4.69) is 40.8 Å². The SMILES string of the molecule is CCN(CC)CCCNC(=O)c1ccc(NC(=O)CNc2ccc(C)cc2C)cc1. The van der Waals surface area contributed by atoms with E-state index >= 15 is 0 Å². The highest BCUT2D eigenvalue weighted by atomic mass is 16.2. The zero-order chi connectivity index (χ0) is 21.9. The van der Waals surface area contributed by atoms with Gasteiger partial charge in [0.25, 0.3) is 5.91 Å². The summed E-state index contributed by atoms with van der Waals surface area (Å²) in [5.41, 5.74) is 4.50. The average Bonchev–Trinajstić information content (AvgIpc) is 2.73. The molecule has 0 aliphatic rings. The van der Waals surface area contributed by atoms with Crippen molar-refractivity contribution >= 4 is 23.2 Å². The van der Waals surface area contributed by atoms with Crippen molar-refractivity contribution in [2.45, 2.75) is 34.1 Å². The van der Waals surface area contributed by atoms with E-state index in [1.807, 2.05) is 26.0 Å². The molecule has 0 unspecified atom stereocenters. The molecule has 6 nitrogen and oxygen atoms in total. The summed E-state index contributed by atoms with van der Waals surface area (Å²) in [4.78, 5) is 26.8. The van der Waals surface area contributed by atoms with Crippen LogP contribution in [0.15, 0.2) is 42.5 Å². The fraction of sp³-hybridized carbons (Fsp3) is 0.417. The molecule has 0 saturated carbocycles. The highest BCUT2D eigenvalue weighted by molar-refractivity contribution is 5.96. The Bertz CT molecular complexity index is 830. The quantitative estimate of drug-likeness (QED) is 0.493. The van der Waals surface area contributed by atoms with E-state index in [9.17, 15) is 9.59 Å². The zero-order valence-corrected chi connectivity index (χ0v) is 18.5. The van der Waals surface area contributed by atoms with E-state index in [4.69, 9.17) is 0 Å². The van der Waals surface area contributed by atoms with E-state index < -0.39 is 0 Å². The molecule has 0 heterocycles. The van der Waals surface area contributed by atoms with E-state index in [1.54, 1.807) is 24.3 Å². The number of hydrogen-bond donors (Lipinski definition) is 3. The van der Waals surface area contributed by atoms with Crippen LogP contribution in [0, 0.1) is 13.8 Å². The molecular formula is C24H34N4O2. The van der Waals surface area contributed by atoms with Crippen molar-refractivity contribution in [1.82, 2.24) is 10.2 Å². The lowest BCUT2D eigenvalue weighted by atomic mass is 10.1. The minimum atomic E-state index is -0.136. The van der Waals surface area contributed by atoms with Gasteiger partial charge in [0, 0.05) is 23.5 Å². The van der Waals surface area contributed by atoms with Crippen LogP contribution in [0.2, 0.25) is 0 Å². The zero-order valence-electron chi connectivity index (χ0n) is 18.5. The first-order valence-electron chi connectivity index (χ1n) is 10.6. The molecule has 3 N–H and O–H groups in total. The van der Waals surface area contributed by atoms with E-state index in [0.29, 0.717) is 17.8 Å². The molecule has 30 heavy (non-hydrogen) atoms. The number of rotatable bonds is 11. The Morgan fingerprint density at radius 3 is 2.30 bits per heavy atom. The maximum Gasteiger partial charge on any atom is 0.251 e. The second-order valence-electron chi connectivity index (χ2n) is 7.43. The predicted molar refractivity (Wildman–Crippen MR) is 124 cm³/mol. The van der Waals surface area contributed by atoms with Gasteiger partial charge in [-0.15, -0.1) is 0 Å². The maximum atomic E-state index is 12.3. The van der Waals surface area contributed by atoms with Gasteiger partial charge in [-0.2, -0.15) is 0 Å². The lowest BCUT2D eigenvalue weighted by Gasteiger charge is -2.17. The van der Waals surface area contributed by atoms with E-state index in [1.165, 1.54) is 5.56 Å². The van der Waals surface area contributed by atoms with Crippen LogP contribution in [0.3, 0.4) is 0 Å². The van der Waals surface area contributed by atoms with Crippen LogP contribution in [-0.4, -0.2) is 49.4 Å². The number of anilines is 2. The van der Waals surface area contributed by atoms with Gasteiger partial charge in [-0.1, -0.05) is 31.5 Å². The first kappa shape index (κ1) is 23.4. The Morgan fingerprint density at radius 1 is 0.967 bits per heavy atom. The van der Waals surface area contributed by atoms with Crippen molar-refractivity contribution in [1.29, 1.82) is 0 Å². The molecule has 2 aromatic carbocycles. The number of carbonyl (C=O) groups is 2. The molecule has 0 bridgehead atoms. The van der Waals surface area contributed by atoms with Crippen LogP contribution < -0.4 is 16.0 Å². The third kappa shape index (κ3) is 7.52. The van der Waals surface area contributed by atoms with Crippen molar-refractivity contribution in [3.8, 4) is 0 Å². The van der Waals surface area contributed by atoms with Crippen molar-refractivity contribution in [2.24, 2.45) is 0 Å². The summed E-state index contributed by atoms with van der Waals surface area (Å²) >= 11 is 0.